The number of hydrogen-bond donors (Lipinski definition) is 1. The van der Waals surface area contributed by atoms with Crippen LogP contribution in [0.25, 0.3) is 0 Å². The Balaban J connectivity index is 2.49. The van der Waals surface area contributed by atoms with Gasteiger partial charge in [0.2, 0.25) is 0 Å². The standard InChI is InChI=1S/C4H6N2/c1-2-5-4-6-3-1/h1-2,4H,3H2,(H,5,6)/i/hD. The van der Waals surface area contributed by atoms with Gasteiger partial charge < -0.3 is 5.31 Å². The lowest BCUT2D eigenvalue weighted by molar-refractivity contribution is 1.04. The minimum absolute atomic E-state index is 0.656. The van der Waals surface area contributed by atoms with Crippen LogP contribution in [0.5, 0.6) is 0 Å². The van der Waals surface area contributed by atoms with Crippen LogP contribution in [0.2, 0.25) is 1.41 Å². The molecule has 0 radical (unpaired) electrons. The van der Waals surface area contributed by atoms with E-state index in [0.29, 0.717) is 6.54 Å². The quantitative estimate of drug-likeness (QED) is 0.442. The number of nitrogens with one attached hydrogen (secondary N) is 1. The average Bonchev–Trinajstić information content (AvgIpc) is 1.69. The molecule has 0 aliphatic carbocycles. The highest BCUT2D eigenvalue weighted by Gasteiger charge is 1.74. The summed E-state index contributed by atoms with van der Waals surface area (Å²) in [6.45, 7) is 0.656. The molecule has 1 aliphatic rings. The lowest BCUT2D eigenvalue weighted by Gasteiger charge is -1.93. The van der Waals surface area contributed by atoms with E-state index >= 15 is 0 Å². The predicted molar refractivity (Wildman–Crippen MR) is 25.6 cm³/mol. The summed E-state index contributed by atoms with van der Waals surface area (Å²) in [6.07, 6.45) is 4.98. The normalized spacial score (nSPS) is 21.3. The van der Waals surface area contributed by atoms with E-state index in [1.165, 1.54) is 11.6 Å². The van der Waals surface area contributed by atoms with E-state index in [9.17, 15) is 0 Å². The SMILES string of the molecule is [2H]N1C=NC=CC1. The molecule has 2 nitrogen and oxygen atoms in total. The summed E-state index contributed by atoms with van der Waals surface area (Å²) in [5.74, 6) is 0. The van der Waals surface area contributed by atoms with Crippen molar-refractivity contribution in [3.8, 4) is 0 Å². The third-order valence-electron chi connectivity index (χ3n) is 0.551. The fraction of sp³-hybridized carbons (Fsp3) is 0.250. The number of aliphatic imine (C=N–C) groups is 1. The summed E-state index contributed by atoms with van der Waals surface area (Å²) in [6, 6.07) is 0. The molecule has 0 bridgehead atoms. The molecule has 0 unspecified atom stereocenters. The van der Waals surface area contributed by atoms with Gasteiger partial charge in [-0.1, -0.05) is 0 Å². The molecule has 1 heterocycles. The van der Waals surface area contributed by atoms with Crippen molar-refractivity contribution in [1.29, 1.82) is 0 Å². The molecule has 0 spiro atoms. The molecule has 0 atom stereocenters. The molecule has 0 amide bonds. The van der Waals surface area contributed by atoms with Gasteiger partial charge in [-0.05, 0) is 6.08 Å². The summed E-state index contributed by atoms with van der Waals surface area (Å²) in [5, 5.41) is 1.26. The third kappa shape index (κ3) is 0.578. The molecular weight excluding hydrogens is 76.1 g/mol. The molecule has 0 aromatic carbocycles. The van der Waals surface area contributed by atoms with Crippen LogP contribution in [0, 0.1) is 0 Å². The fourth-order valence-electron chi connectivity index (χ4n) is 0.302. The van der Waals surface area contributed by atoms with Crippen LogP contribution in [-0.2, 0) is 0 Å². The number of nitrogens with zero attached hydrogens (tertiary/aromatic N) is 1. The first-order chi connectivity index (χ1) is 3.39. The van der Waals surface area contributed by atoms with Gasteiger partial charge in [-0.15, -0.1) is 0 Å². The second-order valence-corrected chi connectivity index (χ2v) is 1.01. The maximum absolute atomic E-state index is 6.90. The van der Waals surface area contributed by atoms with Crippen LogP contribution < -0.4 is 5.31 Å². The molecule has 1 rings (SSSR count). The Morgan fingerprint density at radius 2 is 3.00 bits per heavy atom. The van der Waals surface area contributed by atoms with Crippen LogP contribution in [0.3, 0.4) is 0 Å². The molecule has 1 aliphatic heterocycles. The first-order valence-electron chi connectivity index (χ1n) is 2.28. The molecule has 0 saturated carbocycles. The summed E-state index contributed by atoms with van der Waals surface area (Å²) >= 11 is 0. The Bertz CT molecular complexity index is 108. The van der Waals surface area contributed by atoms with E-state index in [2.05, 4.69) is 4.99 Å². The van der Waals surface area contributed by atoms with Crippen molar-refractivity contribution in [2.75, 3.05) is 6.54 Å². The number of hydrogen-bond acceptors (Lipinski definition) is 2. The molecule has 32 valence electrons. The first-order valence-corrected chi connectivity index (χ1v) is 1.83. The van der Waals surface area contributed by atoms with E-state index in [0.717, 1.165) is 0 Å². The molecule has 0 aromatic heterocycles. The summed E-state index contributed by atoms with van der Waals surface area (Å²) in [5.41, 5.74) is 0. The Morgan fingerprint density at radius 1 is 2.00 bits per heavy atom. The molecule has 2 heteroatoms. The van der Waals surface area contributed by atoms with Gasteiger partial charge in [0.15, 0.2) is 1.41 Å². The van der Waals surface area contributed by atoms with Gasteiger partial charge >= 0.3 is 0 Å². The molecule has 1 N–H and O–H groups in total. The fourth-order valence-corrected chi connectivity index (χ4v) is 0.302. The molecular formula is C4H6N2. The van der Waals surface area contributed by atoms with Crippen molar-refractivity contribution in [2.45, 2.75) is 0 Å². The smallest absolute Gasteiger partial charge is 0.161 e. The Labute approximate surface area is 38.0 Å². The summed E-state index contributed by atoms with van der Waals surface area (Å²) in [7, 11) is 0. The highest BCUT2D eigenvalue weighted by atomic mass is 14.9. The topological polar surface area (TPSA) is 24.4 Å². The van der Waals surface area contributed by atoms with Gasteiger partial charge in [0.1, 0.15) is 0 Å². The van der Waals surface area contributed by atoms with Crippen molar-refractivity contribution < 1.29 is 1.41 Å². The molecule has 0 aromatic rings. The van der Waals surface area contributed by atoms with Gasteiger partial charge in [-0.3, -0.25) is 0 Å². The zero-order valence-corrected chi connectivity index (χ0v) is 3.33. The Kier molecular flexibility index (Phi) is 0.638. The van der Waals surface area contributed by atoms with Crippen LogP contribution >= 0.6 is 0 Å². The highest BCUT2D eigenvalue weighted by molar-refractivity contribution is 5.56. The second kappa shape index (κ2) is 1.60. The first kappa shape index (κ1) is 2.39. The van der Waals surface area contributed by atoms with Gasteiger partial charge in [0, 0.05) is 12.7 Å². The van der Waals surface area contributed by atoms with Crippen LogP contribution in [0.1, 0.15) is 0 Å². The average molecular weight is 83.1 g/mol. The molecule has 6 heavy (non-hydrogen) atoms. The third-order valence-corrected chi connectivity index (χ3v) is 0.551. The zero-order chi connectivity index (χ0) is 5.11. The summed E-state index contributed by atoms with van der Waals surface area (Å²) in [4.78, 5) is 3.69. The Hall–Kier alpha value is -0.790. The van der Waals surface area contributed by atoms with E-state index in [1.54, 1.807) is 6.20 Å². The molecule has 0 fully saturated rings. The van der Waals surface area contributed by atoms with E-state index in [4.69, 9.17) is 1.41 Å². The maximum Gasteiger partial charge on any atom is 0.161 e. The van der Waals surface area contributed by atoms with Gasteiger partial charge in [-0.2, -0.15) is 0 Å². The van der Waals surface area contributed by atoms with Gasteiger partial charge in [-0.25, -0.2) is 4.99 Å². The lowest BCUT2D eigenvalue weighted by Crippen LogP contribution is -2.11. The van der Waals surface area contributed by atoms with Crippen molar-refractivity contribution in [2.24, 2.45) is 4.99 Å². The Morgan fingerprint density at radius 3 is 3.33 bits per heavy atom. The van der Waals surface area contributed by atoms with Crippen LogP contribution in [0.15, 0.2) is 17.3 Å². The largest absolute Gasteiger partial charge is 0.373 e. The van der Waals surface area contributed by atoms with Crippen molar-refractivity contribution in [3.63, 3.8) is 0 Å². The van der Waals surface area contributed by atoms with E-state index in [-0.39, 0.29) is 0 Å². The van der Waals surface area contributed by atoms with E-state index < -0.39 is 0 Å². The van der Waals surface area contributed by atoms with Crippen molar-refractivity contribution in [1.82, 2.24) is 5.31 Å². The highest BCUT2D eigenvalue weighted by Crippen LogP contribution is 1.74. The monoisotopic (exact) mass is 83.1 g/mol. The van der Waals surface area contributed by atoms with Crippen molar-refractivity contribution in [3.05, 3.63) is 12.3 Å². The predicted octanol–water partition coefficient (Wildman–Crippen LogP) is 0.132. The second-order valence-electron chi connectivity index (χ2n) is 1.01. The lowest BCUT2D eigenvalue weighted by atomic mass is 10.6. The van der Waals surface area contributed by atoms with Gasteiger partial charge in [0.05, 0.1) is 6.34 Å². The zero-order valence-electron chi connectivity index (χ0n) is 4.33. The minimum atomic E-state index is 0.656. The summed E-state index contributed by atoms with van der Waals surface area (Å²) < 4.78 is 6.90. The van der Waals surface area contributed by atoms with Crippen LogP contribution in [-0.4, -0.2) is 12.9 Å². The minimum Gasteiger partial charge on any atom is -0.373 e. The van der Waals surface area contributed by atoms with E-state index in [1.807, 2.05) is 6.08 Å². The van der Waals surface area contributed by atoms with Gasteiger partial charge in [0.25, 0.3) is 0 Å². The van der Waals surface area contributed by atoms with Crippen molar-refractivity contribution >= 4 is 6.34 Å². The molecule has 0 saturated heterocycles. The maximum atomic E-state index is 6.90. The van der Waals surface area contributed by atoms with Crippen LogP contribution in [0.4, 0.5) is 0 Å². The number of rotatable bonds is 0.